The van der Waals surface area contributed by atoms with Crippen LogP contribution in [0, 0.1) is 0 Å². The molecule has 0 aliphatic heterocycles. The van der Waals surface area contributed by atoms with Crippen LogP contribution in [-0.4, -0.2) is 25.0 Å². The van der Waals surface area contributed by atoms with Crippen LogP contribution in [0.15, 0.2) is 48.5 Å². The van der Waals surface area contributed by atoms with E-state index in [2.05, 4.69) is 10.6 Å². The highest BCUT2D eigenvalue weighted by Crippen LogP contribution is 2.19. The molecule has 2 N–H and O–H groups in total. The Morgan fingerprint density at radius 2 is 1.58 bits per heavy atom. The molecule has 0 saturated heterocycles. The van der Waals surface area contributed by atoms with Crippen LogP contribution in [0.4, 0.5) is 5.69 Å². The number of benzene rings is 2. The fourth-order valence-corrected chi connectivity index (χ4v) is 3.19. The Morgan fingerprint density at radius 3 is 2.23 bits per heavy atom. The van der Waals surface area contributed by atoms with Crippen molar-refractivity contribution in [2.24, 2.45) is 0 Å². The van der Waals surface area contributed by atoms with Gasteiger partial charge < -0.3 is 15.4 Å². The molecule has 0 spiro atoms. The van der Waals surface area contributed by atoms with E-state index in [1.165, 1.54) is 19.3 Å². The predicted octanol–water partition coefficient (Wildman–Crippen LogP) is 4.01. The van der Waals surface area contributed by atoms with E-state index in [1.807, 2.05) is 12.1 Å². The van der Waals surface area contributed by atoms with Crippen molar-refractivity contribution in [3.63, 3.8) is 0 Å². The molecule has 1 fully saturated rings. The van der Waals surface area contributed by atoms with E-state index < -0.39 is 0 Å². The smallest absolute Gasteiger partial charge is 0.255 e. The first-order valence-electron chi connectivity index (χ1n) is 9.02. The lowest BCUT2D eigenvalue weighted by Gasteiger charge is -2.22. The number of hydrogen-bond acceptors (Lipinski definition) is 3. The molecule has 0 radical (unpaired) electrons. The molecule has 26 heavy (non-hydrogen) atoms. The first-order chi connectivity index (χ1) is 12.7. The monoisotopic (exact) mass is 352 g/mol. The summed E-state index contributed by atoms with van der Waals surface area (Å²) in [5.41, 5.74) is 1.74. The first-order valence-corrected chi connectivity index (χ1v) is 9.02. The largest absolute Gasteiger partial charge is 0.497 e. The number of methoxy groups -OCH3 is 1. The van der Waals surface area contributed by atoms with Crippen LogP contribution in [0.2, 0.25) is 0 Å². The molecule has 5 heteroatoms. The number of anilines is 1. The number of amides is 2. The van der Waals surface area contributed by atoms with Crippen molar-refractivity contribution in [2.45, 2.75) is 38.1 Å². The summed E-state index contributed by atoms with van der Waals surface area (Å²) in [4.78, 5) is 24.7. The van der Waals surface area contributed by atoms with Crippen molar-refractivity contribution in [1.82, 2.24) is 5.32 Å². The molecule has 1 aliphatic rings. The van der Waals surface area contributed by atoms with Crippen molar-refractivity contribution in [1.29, 1.82) is 0 Å². The fourth-order valence-electron chi connectivity index (χ4n) is 3.19. The van der Waals surface area contributed by atoms with Crippen molar-refractivity contribution in [3.8, 4) is 5.75 Å². The maximum Gasteiger partial charge on any atom is 0.255 e. The van der Waals surface area contributed by atoms with E-state index in [0.717, 1.165) is 12.8 Å². The van der Waals surface area contributed by atoms with Crippen LogP contribution < -0.4 is 15.4 Å². The van der Waals surface area contributed by atoms with Crippen molar-refractivity contribution < 1.29 is 14.3 Å². The van der Waals surface area contributed by atoms with E-state index in [9.17, 15) is 9.59 Å². The quantitative estimate of drug-likeness (QED) is 0.854. The normalized spacial score (nSPS) is 14.5. The van der Waals surface area contributed by atoms with Gasteiger partial charge in [-0.3, -0.25) is 9.59 Å². The number of nitrogens with one attached hydrogen (secondary N) is 2. The molecule has 2 aromatic carbocycles. The van der Waals surface area contributed by atoms with Gasteiger partial charge in [0.1, 0.15) is 5.75 Å². The zero-order valence-corrected chi connectivity index (χ0v) is 15.0. The number of carbonyl (C=O) groups is 2. The molecular weight excluding hydrogens is 328 g/mol. The van der Waals surface area contributed by atoms with Gasteiger partial charge in [-0.2, -0.15) is 0 Å². The van der Waals surface area contributed by atoms with E-state index in [4.69, 9.17) is 4.74 Å². The van der Waals surface area contributed by atoms with E-state index in [-0.39, 0.29) is 17.9 Å². The Morgan fingerprint density at radius 1 is 0.923 bits per heavy atom. The van der Waals surface area contributed by atoms with Crippen molar-refractivity contribution in [2.75, 3.05) is 12.4 Å². The van der Waals surface area contributed by atoms with Gasteiger partial charge in [0.2, 0.25) is 0 Å². The van der Waals surface area contributed by atoms with E-state index in [0.29, 0.717) is 22.6 Å². The van der Waals surface area contributed by atoms with Gasteiger partial charge in [-0.15, -0.1) is 0 Å². The maximum atomic E-state index is 12.4. The Hall–Kier alpha value is -2.82. The van der Waals surface area contributed by atoms with E-state index >= 15 is 0 Å². The third-order valence-electron chi connectivity index (χ3n) is 4.68. The Bertz CT molecular complexity index is 765. The summed E-state index contributed by atoms with van der Waals surface area (Å²) in [5.74, 6) is 0.381. The topological polar surface area (TPSA) is 67.4 Å². The molecule has 5 nitrogen and oxygen atoms in total. The predicted molar refractivity (Wildman–Crippen MR) is 102 cm³/mol. The number of ether oxygens (including phenoxy) is 1. The highest BCUT2D eigenvalue weighted by Gasteiger charge is 2.17. The minimum atomic E-state index is -0.225. The average molecular weight is 352 g/mol. The molecule has 1 aliphatic carbocycles. The first kappa shape index (κ1) is 18.0. The van der Waals surface area contributed by atoms with Gasteiger partial charge in [-0.1, -0.05) is 25.3 Å². The van der Waals surface area contributed by atoms with Crippen LogP contribution in [0.1, 0.15) is 52.8 Å². The fraction of sp³-hybridized carbons (Fsp3) is 0.333. The molecule has 2 aromatic rings. The van der Waals surface area contributed by atoms with Gasteiger partial charge in [0.15, 0.2) is 0 Å². The summed E-state index contributed by atoms with van der Waals surface area (Å²) < 4.78 is 5.15. The number of rotatable bonds is 5. The molecule has 0 bridgehead atoms. The maximum absolute atomic E-state index is 12.4. The van der Waals surface area contributed by atoms with Crippen molar-refractivity contribution in [3.05, 3.63) is 59.7 Å². The van der Waals surface area contributed by atoms with Crippen molar-refractivity contribution >= 4 is 17.5 Å². The summed E-state index contributed by atoms with van der Waals surface area (Å²) in [6, 6.07) is 14.2. The zero-order valence-electron chi connectivity index (χ0n) is 15.0. The standard InChI is InChI=1S/C21H24N2O3/c1-26-19-9-5-8-18(14-19)23-21(25)16-12-10-15(11-13-16)20(24)22-17-6-3-2-4-7-17/h5,8-14,17H,2-4,6-7H2,1H3,(H,22,24)(H,23,25). The molecule has 1 saturated carbocycles. The summed E-state index contributed by atoms with van der Waals surface area (Å²) in [6.45, 7) is 0. The lowest BCUT2D eigenvalue weighted by molar-refractivity contribution is 0.0926. The van der Waals surface area contributed by atoms with Gasteiger partial charge in [-0.05, 0) is 49.2 Å². The number of hydrogen-bond donors (Lipinski definition) is 2. The Kier molecular flexibility index (Phi) is 5.89. The Labute approximate surface area is 153 Å². The number of carbonyl (C=O) groups excluding carboxylic acids is 2. The second-order valence-corrected chi connectivity index (χ2v) is 6.57. The second-order valence-electron chi connectivity index (χ2n) is 6.57. The highest BCUT2D eigenvalue weighted by atomic mass is 16.5. The minimum Gasteiger partial charge on any atom is -0.497 e. The van der Waals surface area contributed by atoms with E-state index in [1.54, 1.807) is 43.5 Å². The highest BCUT2D eigenvalue weighted by molar-refractivity contribution is 6.05. The Balaban J connectivity index is 1.60. The summed E-state index contributed by atoms with van der Waals surface area (Å²) >= 11 is 0. The lowest BCUT2D eigenvalue weighted by atomic mass is 9.95. The molecule has 136 valence electrons. The minimum absolute atomic E-state index is 0.0725. The summed E-state index contributed by atoms with van der Waals surface area (Å²) in [5, 5.41) is 5.91. The SMILES string of the molecule is COc1cccc(NC(=O)c2ccc(C(=O)NC3CCCCC3)cc2)c1. The molecule has 3 rings (SSSR count). The van der Waals surface area contributed by atoms with Crippen LogP contribution in [0.25, 0.3) is 0 Å². The molecular formula is C21H24N2O3. The summed E-state index contributed by atoms with van der Waals surface area (Å²) in [6.07, 6.45) is 5.70. The van der Waals surface area contributed by atoms with Gasteiger partial charge in [0.25, 0.3) is 11.8 Å². The van der Waals surface area contributed by atoms with Crippen LogP contribution >= 0.6 is 0 Å². The third-order valence-corrected chi connectivity index (χ3v) is 4.68. The third kappa shape index (κ3) is 4.63. The van der Waals surface area contributed by atoms with Crippen LogP contribution in [0.5, 0.6) is 5.75 Å². The molecule has 0 aromatic heterocycles. The molecule has 0 heterocycles. The van der Waals surface area contributed by atoms with Gasteiger partial charge >= 0.3 is 0 Å². The summed E-state index contributed by atoms with van der Waals surface area (Å²) in [7, 11) is 1.58. The van der Waals surface area contributed by atoms with Gasteiger partial charge in [0.05, 0.1) is 7.11 Å². The second kappa shape index (κ2) is 8.52. The molecule has 0 atom stereocenters. The van der Waals surface area contributed by atoms with Crippen LogP contribution in [0.3, 0.4) is 0 Å². The van der Waals surface area contributed by atoms with Gasteiger partial charge in [0, 0.05) is 28.9 Å². The van der Waals surface area contributed by atoms with Gasteiger partial charge in [-0.25, -0.2) is 0 Å². The average Bonchev–Trinajstić information content (AvgIpc) is 2.69. The zero-order chi connectivity index (χ0) is 18.4. The molecule has 2 amide bonds. The molecule has 0 unspecified atom stereocenters. The lowest BCUT2D eigenvalue weighted by Crippen LogP contribution is -2.36. The van der Waals surface area contributed by atoms with Crippen LogP contribution in [-0.2, 0) is 0 Å².